The fourth-order valence-electron chi connectivity index (χ4n) is 2.88. The molecule has 0 radical (unpaired) electrons. The van der Waals surface area contributed by atoms with Crippen LogP contribution in [0.3, 0.4) is 0 Å². The van der Waals surface area contributed by atoms with Crippen molar-refractivity contribution in [1.82, 2.24) is 10.3 Å². The van der Waals surface area contributed by atoms with E-state index in [4.69, 9.17) is 20.5 Å². The number of carboxylic acids is 1. The smallest absolute Gasteiger partial charge is 0.451 e. The van der Waals surface area contributed by atoms with Gasteiger partial charge < -0.3 is 35.6 Å². The van der Waals surface area contributed by atoms with Crippen LogP contribution in [0.25, 0.3) is 0 Å². The summed E-state index contributed by atoms with van der Waals surface area (Å²) in [6, 6.07) is 1.99. The Morgan fingerprint density at radius 3 is 2.74 bits per heavy atom. The number of aryl methyl sites for hydroxylation is 1. The number of aromatic hydroxyl groups is 1. The second-order valence-electron chi connectivity index (χ2n) is 6.94. The van der Waals surface area contributed by atoms with Crippen molar-refractivity contribution >= 4 is 19.0 Å². The summed E-state index contributed by atoms with van der Waals surface area (Å²) in [5.74, 6) is -2.25. The number of carbonyl (C=O) groups excluding carboxylic acids is 1. The highest BCUT2D eigenvalue weighted by molar-refractivity contribution is 6.41. The molecule has 0 aliphatic carbocycles. The molecule has 7 N–H and O–H groups in total. The number of nitrogens with zero attached hydrogens (tertiary/aromatic N) is 3. The molecule has 1 fully saturated rings. The van der Waals surface area contributed by atoms with Gasteiger partial charge in [0.1, 0.15) is 29.2 Å². The van der Waals surface area contributed by atoms with E-state index in [0.29, 0.717) is 6.54 Å². The summed E-state index contributed by atoms with van der Waals surface area (Å²) < 4.78 is 5.65. The zero-order valence-corrected chi connectivity index (χ0v) is 16.8. The summed E-state index contributed by atoms with van der Waals surface area (Å²) in [4.78, 5) is 25.3. The highest BCUT2D eigenvalue weighted by Gasteiger charge is 2.35. The molecule has 1 heterocycles. The standard InChI is InChI=1S/C18H26BN5O7/c1-2-7-21-23-22-8-13(20)17(26)24-9-12(10-24)31-14-4-3-11(5-6-19(29)30)16(25)15(14)18(27)28/h2-4,12-13,25,29-30H,1,5-10,20H2,(H,21,22)(H,27,28). The molecular formula is C18H26BN5O7. The maximum absolute atomic E-state index is 12.3. The molecule has 0 bridgehead atoms. The molecule has 31 heavy (non-hydrogen) atoms. The number of ether oxygens (including phenoxy) is 1. The fourth-order valence-corrected chi connectivity index (χ4v) is 2.88. The van der Waals surface area contributed by atoms with Crippen molar-refractivity contribution < 1.29 is 34.6 Å². The van der Waals surface area contributed by atoms with Gasteiger partial charge in [0.05, 0.1) is 26.2 Å². The molecule has 0 saturated carbocycles. The van der Waals surface area contributed by atoms with Gasteiger partial charge in [-0.15, -0.1) is 6.58 Å². The van der Waals surface area contributed by atoms with Gasteiger partial charge in [-0.25, -0.2) is 4.79 Å². The van der Waals surface area contributed by atoms with Gasteiger partial charge in [-0.1, -0.05) is 17.4 Å². The number of carbonyl (C=O) groups is 2. The molecule has 0 spiro atoms. The van der Waals surface area contributed by atoms with Crippen LogP contribution in [0.1, 0.15) is 15.9 Å². The Hall–Kier alpha value is -3.16. The predicted molar refractivity (Wildman–Crippen MR) is 111 cm³/mol. The molecule has 1 aromatic carbocycles. The summed E-state index contributed by atoms with van der Waals surface area (Å²) in [6.45, 7) is 4.37. The molecule has 1 amide bonds. The Morgan fingerprint density at radius 1 is 1.42 bits per heavy atom. The summed E-state index contributed by atoms with van der Waals surface area (Å²) in [7, 11) is -1.57. The van der Waals surface area contributed by atoms with Crippen molar-refractivity contribution in [2.24, 2.45) is 16.1 Å². The van der Waals surface area contributed by atoms with Crippen LogP contribution in [0.2, 0.25) is 6.32 Å². The van der Waals surface area contributed by atoms with Gasteiger partial charge in [-0.2, -0.15) is 5.11 Å². The van der Waals surface area contributed by atoms with E-state index in [1.54, 1.807) is 6.08 Å². The van der Waals surface area contributed by atoms with Crippen LogP contribution in [0.15, 0.2) is 35.1 Å². The predicted octanol–water partition coefficient (Wildman–Crippen LogP) is -0.835. The maximum Gasteiger partial charge on any atom is 0.451 e. The quantitative estimate of drug-likeness (QED) is 0.0799. The minimum Gasteiger partial charge on any atom is -0.507 e. The lowest BCUT2D eigenvalue weighted by Gasteiger charge is -2.40. The molecule has 168 valence electrons. The highest BCUT2D eigenvalue weighted by atomic mass is 16.5. The Bertz CT molecular complexity index is 830. The molecule has 1 unspecified atom stereocenters. The second kappa shape index (κ2) is 11.3. The van der Waals surface area contributed by atoms with Crippen molar-refractivity contribution in [3.8, 4) is 11.5 Å². The van der Waals surface area contributed by atoms with Crippen molar-refractivity contribution in [1.29, 1.82) is 0 Å². The molecule has 0 aromatic heterocycles. The van der Waals surface area contributed by atoms with E-state index in [0.717, 1.165) is 0 Å². The van der Waals surface area contributed by atoms with Gasteiger partial charge in [0.25, 0.3) is 0 Å². The number of benzene rings is 1. The Balaban J connectivity index is 1.93. The number of carboxylic acid groups (broad SMARTS) is 1. The third kappa shape index (κ3) is 6.67. The molecule has 1 aromatic rings. The maximum atomic E-state index is 12.3. The van der Waals surface area contributed by atoms with Crippen LogP contribution in [0, 0.1) is 0 Å². The molecule has 1 aliphatic heterocycles. The first-order valence-corrected chi connectivity index (χ1v) is 9.60. The van der Waals surface area contributed by atoms with Crippen LogP contribution in [0.4, 0.5) is 0 Å². The summed E-state index contributed by atoms with van der Waals surface area (Å²) >= 11 is 0. The average Bonchev–Trinajstić information content (AvgIpc) is 2.68. The minimum absolute atomic E-state index is 0.00599. The lowest BCUT2D eigenvalue weighted by Crippen LogP contribution is -2.60. The monoisotopic (exact) mass is 435 g/mol. The van der Waals surface area contributed by atoms with Crippen LogP contribution >= 0.6 is 0 Å². The van der Waals surface area contributed by atoms with Crippen molar-refractivity contribution in [3.05, 3.63) is 35.9 Å². The first-order valence-electron chi connectivity index (χ1n) is 9.60. The Morgan fingerprint density at radius 2 is 2.13 bits per heavy atom. The number of nitrogens with two attached hydrogens (primary N) is 1. The number of likely N-dealkylation sites (tertiary alicyclic amines) is 1. The summed E-state index contributed by atoms with van der Waals surface area (Å²) in [6.07, 6.45) is 1.16. The van der Waals surface area contributed by atoms with Crippen LogP contribution in [-0.2, 0) is 11.2 Å². The number of hydrogen-bond donors (Lipinski definition) is 6. The van der Waals surface area contributed by atoms with Gasteiger partial charge >= 0.3 is 13.1 Å². The molecular weight excluding hydrogens is 409 g/mol. The van der Waals surface area contributed by atoms with E-state index >= 15 is 0 Å². The van der Waals surface area contributed by atoms with Crippen LogP contribution in [-0.4, -0.2) is 82.5 Å². The summed E-state index contributed by atoms with van der Waals surface area (Å²) in [5, 5.41) is 45.1. The molecule has 1 atom stereocenters. The minimum atomic E-state index is -1.57. The van der Waals surface area contributed by atoms with Crippen LogP contribution < -0.4 is 15.9 Å². The third-order valence-corrected chi connectivity index (χ3v) is 4.53. The van der Waals surface area contributed by atoms with E-state index in [9.17, 15) is 19.8 Å². The number of rotatable bonds is 12. The lowest BCUT2D eigenvalue weighted by atomic mass is 9.82. The average molecular weight is 435 g/mol. The zero-order valence-electron chi connectivity index (χ0n) is 16.8. The molecule has 12 nitrogen and oxygen atoms in total. The van der Waals surface area contributed by atoms with E-state index < -0.39 is 36.5 Å². The fraction of sp³-hybridized carbons (Fsp3) is 0.444. The first kappa shape index (κ1) is 24.1. The zero-order chi connectivity index (χ0) is 23.0. The first-order chi connectivity index (χ1) is 14.7. The SMILES string of the molecule is C=CCNN=NCC(N)C(=O)N1CC(Oc2ccc(CCB(O)O)c(O)c2C(=O)O)C1. The molecule has 13 heteroatoms. The number of nitrogens with one attached hydrogen (secondary N) is 1. The summed E-state index contributed by atoms with van der Waals surface area (Å²) in [5.41, 5.74) is 8.25. The van der Waals surface area contributed by atoms with Gasteiger partial charge in [0.15, 0.2) is 0 Å². The van der Waals surface area contributed by atoms with E-state index in [1.807, 2.05) is 0 Å². The number of amides is 1. The van der Waals surface area contributed by atoms with Gasteiger partial charge in [-0.05, 0) is 24.4 Å². The van der Waals surface area contributed by atoms with Crippen molar-refractivity contribution in [3.63, 3.8) is 0 Å². The normalized spacial score (nSPS) is 14.7. The molecule has 1 aliphatic rings. The topological polar surface area (TPSA) is 190 Å². The Kier molecular flexibility index (Phi) is 8.79. The second-order valence-corrected chi connectivity index (χ2v) is 6.94. The Labute approximate surface area is 179 Å². The molecule has 2 rings (SSSR count). The van der Waals surface area contributed by atoms with Gasteiger partial charge in [0.2, 0.25) is 5.91 Å². The van der Waals surface area contributed by atoms with Gasteiger partial charge in [0, 0.05) is 0 Å². The largest absolute Gasteiger partial charge is 0.507 e. The molecule has 1 saturated heterocycles. The number of phenols is 1. The van der Waals surface area contributed by atoms with E-state index in [1.165, 1.54) is 17.0 Å². The van der Waals surface area contributed by atoms with Crippen LogP contribution in [0.5, 0.6) is 11.5 Å². The van der Waals surface area contributed by atoms with Gasteiger partial charge in [-0.3, -0.25) is 10.2 Å². The third-order valence-electron chi connectivity index (χ3n) is 4.53. The number of aromatic carboxylic acids is 1. The van der Waals surface area contributed by atoms with Crippen molar-refractivity contribution in [2.75, 3.05) is 26.2 Å². The number of hydrogen-bond acceptors (Lipinski definition) is 9. The van der Waals surface area contributed by atoms with E-state index in [-0.39, 0.29) is 49.6 Å². The lowest BCUT2D eigenvalue weighted by molar-refractivity contribution is -0.141. The van der Waals surface area contributed by atoms with Crippen molar-refractivity contribution in [2.45, 2.75) is 24.9 Å². The van der Waals surface area contributed by atoms with E-state index in [2.05, 4.69) is 22.3 Å². The highest BCUT2D eigenvalue weighted by Crippen LogP contribution is 2.34.